The van der Waals surface area contributed by atoms with Crippen LogP contribution < -0.4 is 5.32 Å². The van der Waals surface area contributed by atoms with Gasteiger partial charge in [0, 0.05) is 9.52 Å². The van der Waals surface area contributed by atoms with E-state index in [1.165, 1.54) is 30.8 Å². The van der Waals surface area contributed by atoms with Gasteiger partial charge >= 0.3 is 0 Å². The molecule has 0 unspecified atom stereocenters. The molecule has 0 radical (unpaired) electrons. The van der Waals surface area contributed by atoms with Gasteiger partial charge in [-0.25, -0.2) is 0 Å². The minimum atomic E-state index is -1.18. The van der Waals surface area contributed by atoms with Crippen LogP contribution in [-0.2, 0) is 0 Å². The van der Waals surface area contributed by atoms with Crippen molar-refractivity contribution < 1.29 is 0 Å². The lowest BCUT2D eigenvalue weighted by molar-refractivity contribution is 0.716. The summed E-state index contributed by atoms with van der Waals surface area (Å²) in [5, 5.41) is 3.72. The fraction of sp³-hybridized carbons (Fsp3) is 0.882. The normalized spacial score (nSPS) is 13.2. The van der Waals surface area contributed by atoms with E-state index in [1.54, 1.807) is 0 Å². The molecule has 0 fully saturated rings. The Morgan fingerprint density at radius 2 is 1.45 bits per heavy atom. The van der Waals surface area contributed by atoms with Crippen LogP contribution in [0.3, 0.4) is 0 Å². The maximum absolute atomic E-state index is 3.72. The first kappa shape index (κ1) is 20.1. The molecular formula is C17H39NSi2. The highest BCUT2D eigenvalue weighted by atomic mass is 28.3. The van der Waals surface area contributed by atoms with Crippen molar-refractivity contribution in [3.8, 4) is 0 Å². The molecule has 0 bridgehead atoms. The third-order valence-corrected chi connectivity index (χ3v) is 14.5. The summed E-state index contributed by atoms with van der Waals surface area (Å²) in [5.41, 5.74) is 6.66. The SMILES string of the molecule is CC(C)=C[SiH2]CCNCC[Si](C(C)C)(C(C)C)C(C)C. The van der Waals surface area contributed by atoms with E-state index in [1.807, 2.05) is 0 Å². The summed E-state index contributed by atoms with van der Waals surface area (Å²) >= 11 is 0. The van der Waals surface area contributed by atoms with Crippen LogP contribution in [0, 0.1) is 0 Å². The van der Waals surface area contributed by atoms with Gasteiger partial charge < -0.3 is 5.32 Å². The van der Waals surface area contributed by atoms with E-state index in [0.29, 0.717) is 0 Å². The average Bonchev–Trinajstić information content (AvgIpc) is 2.30. The van der Waals surface area contributed by atoms with Gasteiger partial charge in [0.15, 0.2) is 0 Å². The fourth-order valence-electron chi connectivity index (χ4n) is 3.91. The zero-order valence-corrected chi connectivity index (χ0v) is 17.8. The van der Waals surface area contributed by atoms with E-state index in [0.717, 1.165) is 16.6 Å². The second kappa shape index (κ2) is 9.96. The molecule has 3 heteroatoms. The van der Waals surface area contributed by atoms with Crippen molar-refractivity contribution in [2.75, 3.05) is 13.1 Å². The quantitative estimate of drug-likeness (QED) is 0.453. The highest BCUT2D eigenvalue weighted by Crippen LogP contribution is 2.43. The van der Waals surface area contributed by atoms with Gasteiger partial charge in [-0.05, 0) is 39.0 Å². The van der Waals surface area contributed by atoms with E-state index in [2.05, 4.69) is 66.4 Å². The molecule has 120 valence electrons. The third-order valence-electron chi connectivity index (χ3n) is 5.07. The van der Waals surface area contributed by atoms with Crippen LogP contribution in [0.1, 0.15) is 55.4 Å². The molecule has 0 saturated carbocycles. The van der Waals surface area contributed by atoms with E-state index in [-0.39, 0.29) is 9.52 Å². The molecule has 0 heterocycles. The Balaban J connectivity index is 4.20. The third kappa shape index (κ3) is 6.27. The Bertz CT molecular complexity index is 257. The van der Waals surface area contributed by atoms with Crippen LogP contribution in [-0.4, -0.2) is 30.7 Å². The largest absolute Gasteiger partial charge is 0.317 e. The highest BCUT2D eigenvalue weighted by Gasteiger charge is 2.41. The zero-order chi connectivity index (χ0) is 15.8. The lowest BCUT2D eigenvalue weighted by Crippen LogP contribution is -2.46. The molecule has 0 aliphatic heterocycles. The van der Waals surface area contributed by atoms with Crippen molar-refractivity contribution in [2.45, 2.75) is 84.1 Å². The van der Waals surface area contributed by atoms with Gasteiger partial charge in [0.25, 0.3) is 0 Å². The molecule has 1 nitrogen and oxygen atoms in total. The molecule has 20 heavy (non-hydrogen) atoms. The van der Waals surface area contributed by atoms with Crippen molar-refractivity contribution in [3.63, 3.8) is 0 Å². The molecular weight excluding hydrogens is 274 g/mol. The first-order valence-electron chi connectivity index (χ1n) is 8.59. The Morgan fingerprint density at radius 1 is 0.950 bits per heavy atom. The van der Waals surface area contributed by atoms with Gasteiger partial charge in [-0.15, -0.1) is 5.70 Å². The molecule has 0 atom stereocenters. The van der Waals surface area contributed by atoms with Gasteiger partial charge in [-0.3, -0.25) is 0 Å². The first-order chi connectivity index (χ1) is 9.25. The number of hydrogen-bond acceptors (Lipinski definition) is 1. The molecule has 0 aliphatic rings. The number of rotatable bonds is 10. The van der Waals surface area contributed by atoms with Crippen molar-refractivity contribution in [3.05, 3.63) is 11.3 Å². The van der Waals surface area contributed by atoms with Crippen LogP contribution in [0.5, 0.6) is 0 Å². The van der Waals surface area contributed by atoms with Crippen molar-refractivity contribution in [1.29, 1.82) is 0 Å². The molecule has 0 saturated heterocycles. The van der Waals surface area contributed by atoms with Crippen LogP contribution >= 0.6 is 0 Å². The zero-order valence-electron chi connectivity index (χ0n) is 15.3. The van der Waals surface area contributed by atoms with Crippen molar-refractivity contribution in [2.24, 2.45) is 0 Å². The van der Waals surface area contributed by atoms with Gasteiger partial charge in [0.2, 0.25) is 0 Å². The fourth-order valence-corrected chi connectivity index (χ4v) is 11.5. The van der Waals surface area contributed by atoms with E-state index >= 15 is 0 Å². The van der Waals surface area contributed by atoms with Gasteiger partial charge in [0.1, 0.15) is 0 Å². The van der Waals surface area contributed by atoms with Crippen LogP contribution in [0.2, 0.25) is 28.7 Å². The van der Waals surface area contributed by atoms with E-state index in [9.17, 15) is 0 Å². The maximum Gasteiger partial charge on any atom is 0.0625 e. The minimum absolute atomic E-state index is 0.0416. The molecule has 1 N–H and O–H groups in total. The summed E-state index contributed by atoms with van der Waals surface area (Å²) in [6, 6.07) is 2.86. The van der Waals surface area contributed by atoms with Crippen LogP contribution in [0.25, 0.3) is 0 Å². The summed E-state index contributed by atoms with van der Waals surface area (Å²) in [4.78, 5) is 0. The standard InChI is InChI=1S/C17H39NSi2/c1-14(2)13-19-11-9-18-10-12-20(15(3)4,16(5)6)17(7)8/h13,15-18H,9-12,19H2,1-8H3. The van der Waals surface area contributed by atoms with Crippen LogP contribution in [0.4, 0.5) is 0 Å². The van der Waals surface area contributed by atoms with Crippen LogP contribution in [0.15, 0.2) is 11.3 Å². The molecule has 0 amide bonds. The maximum atomic E-state index is 3.72. The number of nitrogens with one attached hydrogen (secondary N) is 1. The molecule has 0 aromatic rings. The molecule has 0 spiro atoms. The predicted molar refractivity (Wildman–Crippen MR) is 102 cm³/mol. The summed E-state index contributed by atoms with van der Waals surface area (Å²) in [6.45, 7) is 21.7. The Kier molecular flexibility index (Phi) is 10.0. The van der Waals surface area contributed by atoms with E-state index in [4.69, 9.17) is 0 Å². The van der Waals surface area contributed by atoms with E-state index < -0.39 is 8.07 Å². The minimum Gasteiger partial charge on any atom is -0.317 e. The topological polar surface area (TPSA) is 12.0 Å². The molecule has 0 rings (SSSR count). The first-order valence-corrected chi connectivity index (χ1v) is 12.8. The van der Waals surface area contributed by atoms with Crippen molar-refractivity contribution >= 4 is 17.6 Å². The Hall–Kier alpha value is 0.134. The smallest absolute Gasteiger partial charge is 0.0625 e. The lowest BCUT2D eigenvalue weighted by atomic mass is 10.4. The predicted octanol–water partition coefficient (Wildman–Crippen LogP) is 4.77. The molecule has 0 aliphatic carbocycles. The number of hydrogen-bond donors (Lipinski definition) is 1. The van der Waals surface area contributed by atoms with Gasteiger partial charge in [0.05, 0.1) is 8.07 Å². The summed E-state index contributed by atoms with van der Waals surface area (Å²) < 4.78 is 0. The number of allylic oxidation sites excluding steroid dienone is 1. The molecule has 0 aromatic heterocycles. The second-order valence-electron chi connectivity index (χ2n) is 7.50. The summed E-state index contributed by atoms with van der Waals surface area (Å²) in [6.07, 6.45) is 0. The monoisotopic (exact) mass is 313 g/mol. The van der Waals surface area contributed by atoms with Gasteiger partial charge in [-0.1, -0.05) is 63.7 Å². The second-order valence-corrected chi connectivity index (χ2v) is 15.4. The Morgan fingerprint density at radius 3 is 1.85 bits per heavy atom. The highest BCUT2D eigenvalue weighted by molar-refractivity contribution is 6.83. The van der Waals surface area contributed by atoms with Gasteiger partial charge in [-0.2, -0.15) is 0 Å². The average molecular weight is 314 g/mol. The van der Waals surface area contributed by atoms with Crippen molar-refractivity contribution in [1.82, 2.24) is 5.32 Å². The molecule has 0 aromatic carbocycles. The Labute approximate surface area is 131 Å². The lowest BCUT2D eigenvalue weighted by Gasteiger charge is -2.43. The summed E-state index contributed by atoms with van der Waals surface area (Å²) in [7, 11) is -1.14. The summed E-state index contributed by atoms with van der Waals surface area (Å²) in [5.74, 6) is 0.